The molecule has 3 N–H and O–H groups in total. The van der Waals surface area contributed by atoms with Gasteiger partial charge in [-0.3, -0.25) is 4.99 Å². The lowest BCUT2D eigenvalue weighted by atomic mass is 10.00. The monoisotopic (exact) mass is 479 g/mol. The zero-order valence-corrected chi connectivity index (χ0v) is 17.9. The van der Waals surface area contributed by atoms with Crippen LogP contribution >= 0.6 is 24.0 Å². The number of aliphatic hydroxyl groups excluding tert-OH is 1. The highest BCUT2D eigenvalue weighted by Gasteiger charge is 2.13. The molecule has 0 amide bonds. The van der Waals surface area contributed by atoms with Gasteiger partial charge < -0.3 is 20.2 Å². The molecule has 144 valence electrons. The summed E-state index contributed by atoms with van der Waals surface area (Å²) in [5.41, 5.74) is 1.21. The molecule has 27 heavy (non-hydrogen) atoms. The van der Waals surface area contributed by atoms with Gasteiger partial charge in [0.25, 0.3) is 0 Å². The summed E-state index contributed by atoms with van der Waals surface area (Å²) >= 11 is 0. The van der Waals surface area contributed by atoms with E-state index in [1.165, 1.54) is 16.3 Å². The summed E-state index contributed by atoms with van der Waals surface area (Å²) in [5.74, 6) is 1.19. The number of fused-ring (bicyclic) bond motifs is 1. The number of halogens is 1. The Balaban J connectivity index is 0.00000261. The van der Waals surface area contributed by atoms with E-state index in [4.69, 9.17) is 4.42 Å². The molecule has 3 rings (SSSR count). The summed E-state index contributed by atoms with van der Waals surface area (Å²) in [6.07, 6.45) is 0.794. The first-order chi connectivity index (χ1) is 12.7. The Hall–Kier alpha value is -2.06. The van der Waals surface area contributed by atoms with Crippen molar-refractivity contribution >= 4 is 40.7 Å². The molecule has 0 aliphatic carbocycles. The zero-order valence-electron chi connectivity index (χ0n) is 15.6. The van der Waals surface area contributed by atoms with E-state index in [0.29, 0.717) is 11.7 Å². The van der Waals surface area contributed by atoms with Crippen molar-refractivity contribution in [3.8, 4) is 0 Å². The molecule has 2 unspecified atom stereocenters. The first kappa shape index (κ1) is 21.2. The third kappa shape index (κ3) is 5.46. The van der Waals surface area contributed by atoms with Crippen molar-refractivity contribution in [1.82, 2.24) is 10.6 Å². The van der Waals surface area contributed by atoms with Crippen LogP contribution in [-0.2, 0) is 0 Å². The second-order valence-electron chi connectivity index (χ2n) is 6.19. The third-order valence-corrected chi connectivity index (χ3v) is 4.28. The molecule has 0 radical (unpaired) electrons. The van der Waals surface area contributed by atoms with Gasteiger partial charge in [-0.2, -0.15) is 0 Å². The number of benzene rings is 2. The maximum atomic E-state index is 10.2. The quantitative estimate of drug-likeness (QED) is 0.279. The lowest BCUT2D eigenvalue weighted by Crippen LogP contribution is -2.39. The highest BCUT2D eigenvalue weighted by atomic mass is 127. The van der Waals surface area contributed by atoms with Crippen molar-refractivity contribution in [3.05, 3.63) is 72.2 Å². The minimum Gasteiger partial charge on any atom is -0.467 e. The molecule has 0 spiro atoms. The third-order valence-electron chi connectivity index (χ3n) is 4.28. The van der Waals surface area contributed by atoms with Crippen LogP contribution in [0, 0.1) is 0 Å². The molecule has 3 aromatic rings. The summed E-state index contributed by atoms with van der Waals surface area (Å²) in [6.45, 7) is 5.09. The van der Waals surface area contributed by atoms with Crippen LogP contribution < -0.4 is 10.6 Å². The number of nitrogens with one attached hydrogen (secondary N) is 2. The molecular weight excluding hydrogens is 453 g/mol. The molecule has 0 bridgehead atoms. The second kappa shape index (κ2) is 10.3. The van der Waals surface area contributed by atoms with Gasteiger partial charge in [0.05, 0.1) is 18.8 Å². The van der Waals surface area contributed by atoms with E-state index in [1.54, 1.807) is 18.4 Å². The summed E-state index contributed by atoms with van der Waals surface area (Å²) in [7, 11) is 0. The van der Waals surface area contributed by atoms with Gasteiger partial charge in [-0.1, -0.05) is 42.5 Å². The Morgan fingerprint density at radius 3 is 2.63 bits per heavy atom. The van der Waals surface area contributed by atoms with E-state index in [1.807, 2.05) is 13.0 Å². The molecule has 0 aliphatic rings. The molecule has 0 saturated heterocycles. The van der Waals surface area contributed by atoms with Gasteiger partial charge in [-0.15, -0.1) is 24.0 Å². The normalized spacial score (nSPS) is 13.7. The Kier molecular flexibility index (Phi) is 8.12. The van der Waals surface area contributed by atoms with Gasteiger partial charge in [-0.25, -0.2) is 0 Å². The lowest BCUT2D eigenvalue weighted by Gasteiger charge is -2.20. The molecule has 0 aliphatic heterocycles. The number of hydrogen-bond acceptors (Lipinski definition) is 3. The number of aliphatic imine (C=N–C) groups is 1. The fourth-order valence-corrected chi connectivity index (χ4v) is 2.98. The zero-order chi connectivity index (χ0) is 18.4. The Morgan fingerprint density at radius 2 is 1.89 bits per heavy atom. The largest absolute Gasteiger partial charge is 0.467 e. The van der Waals surface area contributed by atoms with Crippen molar-refractivity contribution in [2.75, 3.05) is 13.1 Å². The van der Waals surface area contributed by atoms with Gasteiger partial charge >= 0.3 is 0 Å². The van der Waals surface area contributed by atoms with Crippen molar-refractivity contribution in [3.63, 3.8) is 0 Å². The molecular formula is C21H26IN3O2. The predicted octanol–water partition coefficient (Wildman–Crippen LogP) is 4.40. The van der Waals surface area contributed by atoms with Gasteiger partial charge in [0.1, 0.15) is 11.9 Å². The summed E-state index contributed by atoms with van der Waals surface area (Å²) in [4.78, 5) is 4.50. The highest BCUT2D eigenvalue weighted by Crippen LogP contribution is 2.24. The van der Waals surface area contributed by atoms with Crippen molar-refractivity contribution in [1.29, 1.82) is 0 Å². The van der Waals surface area contributed by atoms with Crippen LogP contribution in [0.15, 0.2) is 70.3 Å². The average Bonchev–Trinajstić information content (AvgIpc) is 3.20. The van der Waals surface area contributed by atoms with Crippen LogP contribution in [0.25, 0.3) is 10.8 Å². The first-order valence-electron chi connectivity index (χ1n) is 8.93. The smallest absolute Gasteiger partial charge is 0.191 e. The SMILES string of the molecule is CCNC(=NCC(O)c1ccco1)NC(C)c1cccc2ccccc12.I. The molecule has 2 aromatic carbocycles. The molecule has 0 saturated carbocycles. The topological polar surface area (TPSA) is 69.8 Å². The predicted molar refractivity (Wildman–Crippen MR) is 121 cm³/mol. The standard InChI is InChI=1S/C21H25N3O2.HI/c1-3-22-21(23-14-19(25)20-12-7-13-26-20)24-15(2)17-11-6-9-16-8-4-5-10-18(16)17;/h4-13,15,19,25H,3,14H2,1-2H3,(H2,22,23,24);1H. The minimum absolute atomic E-state index is 0. The second-order valence-corrected chi connectivity index (χ2v) is 6.19. The lowest BCUT2D eigenvalue weighted by molar-refractivity contribution is 0.158. The number of nitrogens with zero attached hydrogens (tertiary/aromatic N) is 1. The maximum Gasteiger partial charge on any atom is 0.191 e. The van der Waals surface area contributed by atoms with Gasteiger partial charge in [-0.05, 0) is 42.3 Å². The number of aliphatic hydroxyl groups is 1. The van der Waals surface area contributed by atoms with E-state index in [2.05, 4.69) is 58.9 Å². The summed E-state index contributed by atoms with van der Waals surface area (Å²) in [5, 5.41) is 19.3. The van der Waals surface area contributed by atoms with Gasteiger partial charge in [0, 0.05) is 6.54 Å². The highest BCUT2D eigenvalue weighted by molar-refractivity contribution is 14.0. The summed E-state index contributed by atoms with van der Waals surface area (Å²) < 4.78 is 5.23. The van der Waals surface area contributed by atoms with Gasteiger partial charge in [0.2, 0.25) is 0 Å². The van der Waals surface area contributed by atoms with E-state index < -0.39 is 6.10 Å². The van der Waals surface area contributed by atoms with Gasteiger partial charge in [0.15, 0.2) is 5.96 Å². The first-order valence-corrected chi connectivity index (χ1v) is 8.93. The Bertz CT molecular complexity index is 860. The average molecular weight is 479 g/mol. The Morgan fingerprint density at radius 1 is 1.11 bits per heavy atom. The molecule has 1 heterocycles. The van der Waals surface area contributed by atoms with Crippen molar-refractivity contribution in [2.45, 2.75) is 26.0 Å². The fourth-order valence-electron chi connectivity index (χ4n) is 2.98. The maximum absolute atomic E-state index is 10.2. The molecule has 2 atom stereocenters. The molecule has 0 fully saturated rings. The van der Waals surface area contributed by atoms with E-state index >= 15 is 0 Å². The van der Waals surface area contributed by atoms with E-state index in [0.717, 1.165) is 6.54 Å². The number of guanidine groups is 1. The van der Waals surface area contributed by atoms with Crippen LogP contribution in [0.4, 0.5) is 0 Å². The fraction of sp³-hybridized carbons (Fsp3) is 0.286. The number of furan rings is 1. The van der Waals surface area contributed by atoms with E-state index in [9.17, 15) is 5.11 Å². The molecule has 6 heteroatoms. The molecule has 1 aromatic heterocycles. The van der Waals surface area contributed by atoms with Crippen LogP contribution in [0.1, 0.15) is 37.3 Å². The Labute approximate surface area is 176 Å². The van der Waals surface area contributed by atoms with Crippen LogP contribution in [-0.4, -0.2) is 24.2 Å². The van der Waals surface area contributed by atoms with Crippen LogP contribution in [0.3, 0.4) is 0 Å². The van der Waals surface area contributed by atoms with Crippen LogP contribution in [0.2, 0.25) is 0 Å². The van der Waals surface area contributed by atoms with E-state index in [-0.39, 0.29) is 36.6 Å². The summed E-state index contributed by atoms with van der Waals surface area (Å²) in [6, 6.07) is 18.2. The number of hydrogen-bond donors (Lipinski definition) is 3. The van der Waals surface area contributed by atoms with Crippen LogP contribution in [0.5, 0.6) is 0 Å². The van der Waals surface area contributed by atoms with Crippen molar-refractivity contribution in [2.24, 2.45) is 4.99 Å². The molecule has 5 nitrogen and oxygen atoms in total. The minimum atomic E-state index is -0.756. The number of rotatable bonds is 6. The van der Waals surface area contributed by atoms with Crippen molar-refractivity contribution < 1.29 is 9.52 Å².